The molecule has 1 aromatic heterocycles. The fourth-order valence-corrected chi connectivity index (χ4v) is 4.97. The van der Waals surface area contributed by atoms with Crippen molar-refractivity contribution in [2.75, 3.05) is 0 Å². The van der Waals surface area contributed by atoms with Crippen molar-refractivity contribution in [1.82, 2.24) is 19.8 Å². The Hall–Kier alpha value is -4.51. The maximum absolute atomic E-state index is 14.1. The summed E-state index contributed by atoms with van der Waals surface area (Å²) in [6.45, 7) is -0.317. The minimum Gasteiger partial charge on any atom is -0.347 e. The number of imidazole rings is 1. The Morgan fingerprint density at radius 3 is 2.41 bits per heavy atom. The van der Waals surface area contributed by atoms with E-state index in [2.05, 4.69) is 10.3 Å². The first-order valence-corrected chi connectivity index (χ1v) is 13.0. The fraction of sp³-hybridized carbons (Fsp3) is 0.233. The predicted octanol–water partition coefficient (Wildman–Crippen LogP) is 4.49. The smallest absolute Gasteiger partial charge is 0.272 e. The van der Waals surface area contributed by atoms with Crippen LogP contribution in [0.1, 0.15) is 44.9 Å². The number of para-hydroxylation sites is 1. The van der Waals surface area contributed by atoms with Crippen LogP contribution in [0.15, 0.2) is 67.0 Å². The normalized spacial score (nSPS) is 13.2. The highest BCUT2D eigenvalue weighted by molar-refractivity contribution is 5.93. The van der Waals surface area contributed by atoms with Crippen LogP contribution >= 0.6 is 0 Å². The van der Waals surface area contributed by atoms with E-state index in [1.165, 1.54) is 11.2 Å². The summed E-state index contributed by atoms with van der Waals surface area (Å²) in [5, 5.41) is 2.79. The van der Waals surface area contributed by atoms with Crippen molar-refractivity contribution in [2.45, 2.75) is 45.2 Å². The second-order valence-electron chi connectivity index (χ2n) is 9.90. The molecule has 5 rings (SSSR count). The van der Waals surface area contributed by atoms with Crippen LogP contribution in [0.25, 0.3) is 5.69 Å². The van der Waals surface area contributed by atoms with E-state index in [1.807, 2.05) is 24.3 Å². The predicted molar refractivity (Wildman–Crippen MR) is 143 cm³/mol. The number of hydrogen-bond donors (Lipinski definition) is 2. The van der Waals surface area contributed by atoms with Gasteiger partial charge in [-0.3, -0.25) is 9.59 Å². The number of rotatable bonds is 8. The standard InChI is InChI=1S/C30H27F4N5O2/c31-13-18-5-1-2-6-19(18)14-36-30(41)29-27-16-38(15-20-7-3-4-8-26(20)39(27)17-37-29)28(40)11-22(35)9-21-10-24(33)25(34)12-23(21)32/h1-8,10,12,17,22H,9,11,13-16,35H2,(H,36,41)/t22-/m1/s1. The van der Waals surface area contributed by atoms with Gasteiger partial charge in [0.25, 0.3) is 5.91 Å². The molecule has 0 fully saturated rings. The molecule has 0 saturated carbocycles. The minimum absolute atomic E-state index is 0.0313. The number of nitrogens with one attached hydrogen (secondary N) is 1. The molecule has 7 nitrogen and oxygen atoms in total. The highest BCUT2D eigenvalue weighted by Gasteiger charge is 2.29. The monoisotopic (exact) mass is 565 g/mol. The number of benzene rings is 3. The molecule has 1 atom stereocenters. The number of nitrogens with two attached hydrogens (primary N) is 1. The number of carbonyl (C=O) groups excluding carboxylic acids is 2. The van der Waals surface area contributed by atoms with Gasteiger partial charge in [-0.25, -0.2) is 22.5 Å². The van der Waals surface area contributed by atoms with E-state index in [0.29, 0.717) is 22.9 Å². The summed E-state index contributed by atoms with van der Waals surface area (Å²) in [5.74, 6) is -4.29. The summed E-state index contributed by atoms with van der Waals surface area (Å²) in [6, 6.07) is 14.6. The Kier molecular flexibility index (Phi) is 8.16. The topological polar surface area (TPSA) is 93.2 Å². The van der Waals surface area contributed by atoms with Gasteiger partial charge in [0.1, 0.15) is 18.8 Å². The number of aromatic nitrogens is 2. The zero-order valence-electron chi connectivity index (χ0n) is 21.9. The van der Waals surface area contributed by atoms with Gasteiger partial charge in [0.15, 0.2) is 17.3 Å². The molecule has 0 aliphatic carbocycles. The van der Waals surface area contributed by atoms with Crippen LogP contribution in [0, 0.1) is 17.5 Å². The molecular weight excluding hydrogens is 538 g/mol. The minimum atomic E-state index is -1.30. The first-order valence-electron chi connectivity index (χ1n) is 13.0. The molecule has 3 N–H and O–H groups in total. The average Bonchev–Trinajstić information content (AvgIpc) is 3.30. The number of fused-ring (bicyclic) bond motifs is 3. The number of amides is 2. The van der Waals surface area contributed by atoms with Crippen LogP contribution in [0.4, 0.5) is 17.6 Å². The second kappa shape index (κ2) is 11.9. The maximum atomic E-state index is 14.1. The van der Waals surface area contributed by atoms with Crippen LogP contribution in [0.3, 0.4) is 0 Å². The van der Waals surface area contributed by atoms with Gasteiger partial charge in [0.05, 0.1) is 17.9 Å². The third-order valence-corrected chi connectivity index (χ3v) is 7.10. The van der Waals surface area contributed by atoms with Crippen molar-refractivity contribution >= 4 is 11.8 Å². The fourth-order valence-electron chi connectivity index (χ4n) is 4.97. The Balaban J connectivity index is 1.36. The van der Waals surface area contributed by atoms with E-state index < -0.39 is 36.1 Å². The van der Waals surface area contributed by atoms with Gasteiger partial charge < -0.3 is 20.5 Å². The number of carbonyl (C=O) groups is 2. The molecule has 0 unspecified atom stereocenters. The highest BCUT2D eigenvalue weighted by Crippen LogP contribution is 2.27. The lowest BCUT2D eigenvalue weighted by atomic mass is 10.0. The Morgan fingerprint density at radius 2 is 1.63 bits per heavy atom. The zero-order chi connectivity index (χ0) is 29.1. The van der Waals surface area contributed by atoms with Crippen LogP contribution in [0.5, 0.6) is 0 Å². The van der Waals surface area contributed by atoms with Crippen molar-refractivity contribution in [1.29, 1.82) is 0 Å². The lowest BCUT2D eigenvalue weighted by Gasteiger charge is -2.23. The van der Waals surface area contributed by atoms with Crippen LogP contribution in [0.2, 0.25) is 0 Å². The van der Waals surface area contributed by atoms with E-state index in [-0.39, 0.29) is 49.6 Å². The van der Waals surface area contributed by atoms with E-state index in [1.54, 1.807) is 28.8 Å². The van der Waals surface area contributed by atoms with Crippen LogP contribution in [-0.2, 0) is 37.5 Å². The molecule has 0 bridgehead atoms. The molecule has 2 heterocycles. The van der Waals surface area contributed by atoms with Crippen molar-refractivity contribution in [2.24, 2.45) is 5.73 Å². The third kappa shape index (κ3) is 5.99. The van der Waals surface area contributed by atoms with Crippen molar-refractivity contribution in [3.63, 3.8) is 0 Å². The molecule has 2 amide bonds. The number of nitrogens with zero attached hydrogens (tertiary/aromatic N) is 3. The summed E-state index contributed by atoms with van der Waals surface area (Å²) in [6.07, 6.45) is 1.14. The number of alkyl halides is 1. The van der Waals surface area contributed by atoms with Gasteiger partial charge in [-0.1, -0.05) is 42.5 Å². The lowest BCUT2D eigenvalue weighted by molar-refractivity contribution is -0.132. The van der Waals surface area contributed by atoms with Gasteiger partial charge >= 0.3 is 0 Å². The zero-order valence-corrected chi connectivity index (χ0v) is 21.9. The molecule has 1 aliphatic heterocycles. The molecule has 0 radical (unpaired) electrons. The van der Waals surface area contributed by atoms with E-state index in [4.69, 9.17) is 5.73 Å². The number of halogens is 4. The van der Waals surface area contributed by atoms with Crippen molar-refractivity contribution < 1.29 is 27.2 Å². The molecule has 0 spiro atoms. The molecule has 212 valence electrons. The third-order valence-electron chi connectivity index (χ3n) is 7.10. The van der Waals surface area contributed by atoms with Crippen molar-refractivity contribution in [3.8, 4) is 5.69 Å². The first kappa shape index (κ1) is 28.0. The van der Waals surface area contributed by atoms with Crippen molar-refractivity contribution in [3.05, 3.63) is 118 Å². The summed E-state index contributed by atoms with van der Waals surface area (Å²) in [5.41, 5.74) is 9.27. The number of hydrogen-bond acceptors (Lipinski definition) is 4. The lowest BCUT2D eigenvalue weighted by Crippen LogP contribution is -2.36. The molecular formula is C30H27F4N5O2. The van der Waals surface area contributed by atoms with Gasteiger partial charge in [0, 0.05) is 31.6 Å². The largest absolute Gasteiger partial charge is 0.347 e. The first-order chi connectivity index (χ1) is 19.7. The van der Waals surface area contributed by atoms with Gasteiger partial charge in [-0.05, 0) is 40.8 Å². The van der Waals surface area contributed by atoms with Crippen LogP contribution < -0.4 is 11.1 Å². The maximum Gasteiger partial charge on any atom is 0.272 e. The Morgan fingerprint density at radius 1 is 0.927 bits per heavy atom. The summed E-state index contributed by atoms with van der Waals surface area (Å²) >= 11 is 0. The van der Waals surface area contributed by atoms with E-state index in [0.717, 1.165) is 17.3 Å². The van der Waals surface area contributed by atoms with E-state index >= 15 is 0 Å². The summed E-state index contributed by atoms with van der Waals surface area (Å²) in [4.78, 5) is 32.5. The van der Waals surface area contributed by atoms with Gasteiger partial charge in [0.2, 0.25) is 5.91 Å². The molecule has 1 aliphatic rings. The molecule has 4 aromatic rings. The Labute approximate surface area is 233 Å². The summed E-state index contributed by atoms with van der Waals surface area (Å²) in [7, 11) is 0. The molecule has 3 aromatic carbocycles. The summed E-state index contributed by atoms with van der Waals surface area (Å²) < 4.78 is 56.2. The molecule has 41 heavy (non-hydrogen) atoms. The SMILES string of the molecule is N[C@@H](CC(=O)N1Cc2ccccc2-n2cnc(C(=O)NCc3ccccc3CF)c2C1)Cc1cc(F)c(F)cc1F. The molecule has 11 heteroatoms. The average molecular weight is 566 g/mol. The van der Waals surface area contributed by atoms with Gasteiger partial charge in [-0.15, -0.1) is 0 Å². The quantitative estimate of drug-likeness (QED) is 0.243. The Bertz CT molecular complexity index is 1610. The van der Waals surface area contributed by atoms with Gasteiger partial charge in [-0.2, -0.15) is 0 Å². The van der Waals surface area contributed by atoms with Crippen LogP contribution in [-0.4, -0.2) is 32.3 Å². The second-order valence-corrected chi connectivity index (χ2v) is 9.90. The molecule has 0 saturated heterocycles. The van der Waals surface area contributed by atoms with E-state index in [9.17, 15) is 27.2 Å². The highest BCUT2D eigenvalue weighted by atomic mass is 19.2.